The Balaban J connectivity index is 2.77. The van der Waals surface area contributed by atoms with E-state index in [1.807, 2.05) is 19.0 Å². The van der Waals surface area contributed by atoms with Crippen LogP contribution in [0.2, 0.25) is 0 Å². The average molecular weight is 270 g/mol. The van der Waals surface area contributed by atoms with Gasteiger partial charge in [0.2, 0.25) is 17.8 Å². The molecule has 6 nitrogen and oxygen atoms in total. The lowest BCUT2D eigenvalue weighted by atomic mass is 10.5. The smallest absolute Gasteiger partial charge is 0.231 e. The van der Waals surface area contributed by atoms with Gasteiger partial charge in [-0.05, 0) is 12.7 Å². The molecule has 0 amide bonds. The molecule has 0 aliphatic carbocycles. The van der Waals surface area contributed by atoms with Crippen LogP contribution in [0.5, 0.6) is 0 Å². The largest absolute Gasteiger partial charge is 0.354 e. The van der Waals surface area contributed by atoms with Crippen LogP contribution in [0.1, 0.15) is 13.3 Å². The quantitative estimate of drug-likeness (QED) is 0.694. The van der Waals surface area contributed by atoms with E-state index in [0.29, 0.717) is 17.8 Å². The number of anilines is 3. The average Bonchev–Trinajstić information content (AvgIpc) is 2.36. The number of hydrogen-bond donors (Lipinski definition) is 2. The summed E-state index contributed by atoms with van der Waals surface area (Å²) in [7, 11) is 3.84. The van der Waals surface area contributed by atoms with Crippen molar-refractivity contribution in [2.24, 2.45) is 0 Å². The van der Waals surface area contributed by atoms with Gasteiger partial charge in [-0.15, -0.1) is 0 Å². The van der Waals surface area contributed by atoms with Gasteiger partial charge in [0.1, 0.15) is 0 Å². The van der Waals surface area contributed by atoms with E-state index in [4.69, 9.17) is 0 Å². The highest BCUT2D eigenvalue weighted by Crippen LogP contribution is 2.11. The summed E-state index contributed by atoms with van der Waals surface area (Å²) in [6.07, 6.45) is 3.12. The molecule has 0 atom stereocenters. The zero-order chi connectivity index (χ0) is 13.4. The highest BCUT2D eigenvalue weighted by molar-refractivity contribution is 7.98. The summed E-state index contributed by atoms with van der Waals surface area (Å²) >= 11 is 1.79. The van der Waals surface area contributed by atoms with E-state index in [1.54, 1.807) is 11.8 Å². The van der Waals surface area contributed by atoms with E-state index in [2.05, 4.69) is 38.8 Å². The molecule has 0 spiro atoms. The van der Waals surface area contributed by atoms with Crippen LogP contribution >= 0.6 is 11.8 Å². The van der Waals surface area contributed by atoms with Crippen molar-refractivity contribution in [1.82, 2.24) is 15.0 Å². The lowest BCUT2D eigenvalue weighted by Gasteiger charge is -2.13. The van der Waals surface area contributed by atoms with Gasteiger partial charge in [-0.25, -0.2) is 0 Å². The maximum Gasteiger partial charge on any atom is 0.231 e. The molecule has 18 heavy (non-hydrogen) atoms. The molecule has 1 heterocycles. The molecular formula is C11H22N6S. The minimum atomic E-state index is 0.626. The third-order valence-corrected chi connectivity index (χ3v) is 2.76. The van der Waals surface area contributed by atoms with E-state index in [0.717, 1.165) is 25.3 Å². The Morgan fingerprint density at radius 2 is 1.67 bits per heavy atom. The second kappa shape index (κ2) is 7.97. The SMILES string of the molecule is CCCNc1nc(NCCSC)nc(N(C)C)n1. The molecule has 0 aliphatic rings. The van der Waals surface area contributed by atoms with Gasteiger partial charge < -0.3 is 15.5 Å². The zero-order valence-electron chi connectivity index (χ0n) is 11.5. The van der Waals surface area contributed by atoms with Crippen LogP contribution in [0.3, 0.4) is 0 Å². The molecule has 2 N–H and O–H groups in total. The Hall–Kier alpha value is -1.24. The van der Waals surface area contributed by atoms with Crippen molar-refractivity contribution >= 4 is 29.6 Å². The monoisotopic (exact) mass is 270 g/mol. The molecule has 0 aromatic carbocycles. The third kappa shape index (κ3) is 4.95. The lowest BCUT2D eigenvalue weighted by Crippen LogP contribution is -2.18. The maximum atomic E-state index is 4.36. The maximum absolute atomic E-state index is 4.36. The van der Waals surface area contributed by atoms with Crippen molar-refractivity contribution in [3.8, 4) is 0 Å². The van der Waals surface area contributed by atoms with Crippen molar-refractivity contribution < 1.29 is 0 Å². The van der Waals surface area contributed by atoms with Gasteiger partial charge in [0, 0.05) is 32.9 Å². The Labute approximate surface area is 113 Å². The number of hydrogen-bond acceptors (Lipinski definition) is 7. The summed E-state index contributed by atoms with van der Waals surface area (Å²) in [6.45, 7) is 3.82. The summed E-state index contributed by atoms with van der Waals surface area (Å²) in [6, 6.07) is 0. The molecule has 1 rings (SSSR count). The molecule has 0 saturated heterocycles. The molecule has 7 heteroatoms. The zero-order valence-corrected chi connectivity index (χ0v) is 12.3. The molecule has 0 saturated carbocycles. The summed E-state index contributed by atoms with van der Waals surface area (Å²) in [5.74, 6) is 2.94. The topological polar surface area (TPSA) is 66.0 Å². The first-order valence-electron chi connectivity index (χ1n) is 6.07. The Morgan fingerprint density at radius 3 is 2.17 bits per heavy atom. The second-order valence-electron chi connectivity index (χ2n) is 4.02. The third-order valence-electron chi connectivity index (χ3n) is 2.15. The highest BCUT2D eigenvalue weighted by Gasteiger charge is 2.07. The predicted molar refractivity (Wildman–Crippen MR) is 79.8 cm³/mol. The second-order valence-corrected chi connectivity index (χ2v) is 5.01. The molecule has 0 radical (unpaired) electrons. The molecule has 102 valence electrons. The van der Waals surface area contributed by atoms with Crippen LogP contribution in [0.15, 0.2) is 0 Å². The summed E-state index contributed by atoms with van der Waals surface area (Å²) in [4.78, 5) is 14.9. The van der Waals surface area contributed by atoms with E-state index < -0.39 is 0 Å². The minimum Gasteiger partial charge on any atom is -0.354 e. The number of nitrogens with one attached hydrogen (secondary N) is 2. The first-order chi connectivity index (χ1) is 8.67. The first kappa shape index (κ1) is 14.8. The van der Waals surface area contributed by atoms with Gasteiger partial charge in [-0.2, -0.15) is 26.7 Å². The van der Waals surface area contributed by atoms with Crippen LogP contribution in [0.25, 0.3) is 0 Å². The lowest BCUT2D eigenvalue weighted by molar-refractivity contribution is 0.913. The van der Waals surface area contributed by atoms with E-state index in [9.17, 15) is 0 Å². The fourth-order valence-electron chi connectivity index (χ4n) is 1.22. The molecule has 0 unspecified atom stereocenters. The van der Waals surface area contributed by atoms with Crippen molar-refractivity contribution in [2.75, 3.05) is 54.7 Å². The van der Waals surface area contributed by atoms with E-state index in [1.165, 1.54) is 0 Å². The molecule has 1 aromatic rings. The van der Waals surface area contributed by atoms with Gasteiger partial charge in [0.15, 0.2) is 0 Å². The normalized spacial score (nSPS) is 10.2. The number of rotatable bonds is 8. The first-order valence-corrected chi connectivity index (χ1v) is 7.46. The van der Waals surface area contributed by atoms with Crippen molar-refractivity contribution in [3.63, 3.8) is 0 Å². The molecule has 0 bridgehead atoms. The van der Waals surface area contributed by atoms with Crippen LogP contribution in [-0.4, -0.2) is 54.1 Å². The Bertz CT molecular complexity index is 357. The molecular weight excluding hydrogens is 248 g/mol. The van der Waals surface area contributed by atoms with Crippen LogP contribution in [-0.2, 0) is 0 Å². The van der Waals surface area contributed by atoms with Gasteiger partial charge in [0.25, 0.3) is 0 Å². The number of nitrogens with zero attached hydrogens (tertiary/aromatic N) is 4. The van der Waals surface area contributed by atoms with E-state index in [-0.39, 0.29) is 0 Å². The molecule has 1 aromatic heterocycles. The number of aromatic nitrogens is 3. The minimum absolute atomic E-state index is 0.626. The van der Waals surface area contributed by atoms with Crippen molar-refractivity contribution in [3.05, 3.63) is 0 Å². The van der Waals surface area contributed by atoms with Crippen LogP contribution < -0.4 is 15.5 Å². The van der Waals surface area contributed by atoms with Crippen molar-refractivity contribution in [2.45, 2.75) is 13.3 Å². The fourth-order valence-corrected chi connectivity index (χ4v) is 1.53. The predicted octanol–water partition coefficient (Wildman–Crippen LogP) is 1.53. The van der Waals surface area contributed by atoms with Crippen molar-refractivity contribution in [1.29, 1.82) is 0 Å². The molecule has 0 fully saturated rings. The fraction of sp³-hybridized carbons (Fsp3) is 0.727. The van der Waals surface area contributed by atoms with E-state index >= 15 is 0 Å². The van der Waals surface area contributed by atoms with Gasteiger partial charge in [-0.1, -0.05) is 6.92 Å². The summed E-state index contributed by atoms with van der Waals surface area (Å²) in [5.41, 5.74) is 0. The summed E-state index contributed by atoms with van der Waals surface area (Å²) < 4.78 is 0. The Morgan fingerprint density at radius 1 is 1.06 bits per heavy atom. The summed E-state index contributed by atoms with van der Waals surface area (Å²) in [5, 5.41) is 6.39. The van der Waals surface area contributed by atoms with Crippen LogP contribution in [0, 0.1) is 0 Å². The van der Waals surface area contributed by atoms with Crippen LogP contribution in [0.4, 0.5) is 17.8 Å². The molecule has 0 aliphatic heterocycles. The number of thioether (sulfide) groups is 1. The Kier molecular flexibility index (Phi) is 6.56. The van der Waals surface area contributed by atoms with Gasteiger partial charge in [-0.3, -0.25) is 0 Å². The highest BCUT2D eigenvalue weighted by atomic mass is 32.2. The van der Waals surface area contributed by atoms with Gasteiger partial charge >= 0.3 is 0 Å². The van der Waals surface area contributed by atoms with Gasteiger partial charge in [0.05, 0.1) is 0 Å². The standard InChI is InChI=1S/C11H22N6S/c1-5-6-12-9-14-10(13-7-8-18-4)16-11(15-9)17(2)3/h5-8H2,1-4H3,(H2,12,13,14,15,16).